The summed E-state index contributed by atoms with van der Waals surface area (Å²) in [6.07, 6.45) is 2.05. The molecular formula is C25H31N3O5S. The van der Waals surface area contributed by atoms with E-state index < -0.39 is 10.0 Å². The molecule has 1 amide bonds. The average Bonchev–Trinajstić information content (AvgIpc) is 3.70. The number of morpholine rings is 2. The quantitative estimate of drug-likeness (QED) is 0.646. The first-order valence-corrected chi connectivity index (χ1v) is 13.3. The first-order valence-electron chi connectivity index (χ1n) is 11.9. The van der Waals surface area contributed by atoms with Crippen molar-refractivity contribution in [3.63, 3.8) is 0 Å². The Morgan fingerprint density at radius 3 is 2.21 bits per heavy atom. The van der Waals surface area contributed by atoms with Crippen molar-refractivity contribution in [2.24, 2.45) is 0 Å². The maximum atomic E-state index is 13.5. The maximum absolute atomic E-state index is 13.5. The van der Waals surface area contributed by atoms with Gasteiger partial charge in [0.05, 0.1) is 36.9 Å². The number of ether oxygens (including phenoxy) is 2. The first kappa shape index (κ1) is 23.3. The number of sulfonamides is 1. The van der Waals surface area contributed by atoms with Crippen molar-refractivity contribution in [1.29, 1.82) is 0 Å². The lowest BCUT2D eigenvalue weighted by molar-refractivity contribution is 0.0730. The number of rotatable bonds is 7. The second-order valence-corrected chi connectivity index (χ2v) is 11.1. The second kappa shape index (κ2) is 9.65. The van der Waals surface area contributed by atoms with Gasteiger partial charge in [0.25, 0.3) is 5.91 Å². The number of carbonyl (C=O) groups is 1. The van der Waals surface area contributed by atoms with Gasteiger partial charge in [-0.15, -0.1) is 0 Å². The van der Waals surface area contributed by atoms with Crippen LogP contribution in [0.5, 0.6) is 0 Å². The van der Waals surface area contributed by atoms with Crippen molar-refractivity contribution in [2.45, 2.75) is 23.2 Å². The van der Waals surface area contributed by atoms with E-state index in [9.17, 15) is 13.2 Å². The summed E-state index contributed by atoms with van der Waals surface area (Å²) in [5.74, 6) is -0.247. The third kappa shape index (κ3) is 4.70. The Morgan fingerprint density at radius 2 is 1.56 bits per heavy atom. The van der Waals surface area contributed by atoms with Crippen LogP contribution in [0, 0.1) is 0 Å². The Hall–Kier alpha value is -2.46. The van der Waals surface area contributed by atoms with Crippen molar-refractivity contribution < 1.29 is 22.7 Å². The highest BCUT2D eigenvalue weighted by Crippen LogP contribution is 2.47. The molecule has 34 heavy (non-hydrogen) atoms. The zero-order valence-electron chi connectivity index (χ0n) is 19.2. The number of hydrogen-bond donors (Lipinski definition) is 1. The van der Waals surface area contributed by atoms with E-state index in [1.807, 2.05) is 18.2 Å². The Labute approximate surface area is 200 Å². The van der Waals surface area contributed by atoms with Crippen LogP contribution in [-0.2, 0) is 24.9 Å². The van der Waals surface area contributed by atoms with Gasteiger partial charge >= 0.3 is 0 Å². The summed E-state index contributed by atoms with van der Waals surface area (Å²) in [6, 6.07) is 15.2. The lowest BCUT2D eigenvalue weighted by atomic mass is 9.96. The molecule has 2 saturated heterocycles. The van der Waals surface area contributed by atoms with E-state index >= 15 is 0 Å². The molecule has 0 bridgehead atoms. The summed E-state index contributed by atoms with van der Waals surface area (Å²) in [6.45, 7) is 4.37. The third-order valence-corrected chi connectivity index (χ3v) is 8.89. The molecule has 5 rings (SSSR count). The van der Waals surface area contributed by atoms with E-state index in [1.165, 1.54) is 15.9 Å². The topological polar surface area (TPSA) is 88.2 Å². The lowest BCUT2D eigenvalue weighted by Crippen LogP contribution is -2.41. The Bertz CT molecular complexity index is 1120. The summed E-state index contributed by atoms with van der Waals surface area (Å²) in [5, 5.41) is 3.11. The van der Waals surface area contributed by atoms with Crippen LogP contribution >= 0.6 is 0 Å². The fourth-order valence-corrected chi connectivity index (χ4v) is 6.16. The van der Waals surface area contributed by atoms with E-state index in [1.54, 1.807) is 12.1 Å². The molecule has 0 radical (unpaired) electrons. The lowest BCUT2D eigenvalue weighted by Gasteiger charge is -2.31. The summed E-state index contributed by atoms with van der Waals surface area (Å²) in [4.78, 5) is 15.7. The van der Waals surface area contributed by atoms with Gasteiger partial charge in [-0.05, 0) is 36.6 Å². The maximum Gasteiger partial charge on any atom is 0.253 e. The highest BCUT2D eigenvalue weighted by molar-refractivity contribution is 7.89. The fourth-order valence-electron chi connectivity index (χ4n) is 4.73. The predicted molar refractivity (Wildman–Crippen MR) is 129 cm³/mol. The standard InChI is InChI=1S/C25H31N3O5S/c29-24(26-19-25(8-9-25)20-4-2-1-3-5-20)22-18-21(34(30,31)28-12-16-33-17-13-28)6-7-23(22)27-10-14-32-15-11-27/h1-7,18H,8-17,19H2,(H,26,29). The second-order valence-electron chi connectivity index (χ2n) is 9.12. The van der Waals surface area contributed by atoms with Crippen molar-refractivity contribution in [1.82, 2.24) is 9.62 Å². The van der Waals surface area contributed by atoms with Crippen LogP contribution < -0.4 is 10.2 Å². The Balaban J connectivity index is 1.42. The molecule has 1 aliphatic carbocycles. The summed E-state index contributed by atoms with van der Waals surface area (Å²) < 4.78 is 38.7. The normalized spacial score (nSPS) is 20.6. The van der Waals surface area contributed by atoms with Crippen molar-refractivity contribution >= 4 is 21.6 Å². The van der Waals surface area contributed by atoms with Gasteiger partial charge in [-0.1, -0.05) is 30.3 Å². The Morgan fingerprint density at radius 1 is 0.912 bits per heavy atom. The molecule has 9 heteroatoms. The van der Waals surface area contributed by atoms with Gasteiger partial charge in [0.2, 0.25) is 10.0 Å². The van der Waals surface area contributed by atoms with E-state index in [4.69, 9.17) is 9.47 Å². The van der Waals surface area contributed by atoms with Crippen molar-refractivity contribution in [3.05, 3.63) is 59.7 Å². The molecule has 0 unspecified atom stereocenters. The summed E-state index contributed by atoms with van der Waals surface area (Å²) in [5.41, 5.74) is 2.33. The highest BCUT2D eigenvalue weighted by atomic mass is 32.2. The molecule has 3 fully saturated rings. The molecule has 8 nitrogen and oxygen atoms in total. The number of nitrogens with one attached hydrogen (secondary N) is 1. The van der Waals surface area contributed by atoms with E-state index in [0.717, 1.165) is 18.5 Å². The number of amides is 1. The first-order chi connectivity index (χ1) is 16.5. The molecule has 3 aliphatic rings. The van der Waals surface area contributed by atoms with Gasteiger partial charge in [0.15, 0.2) is 0 Å². The minimum atomic E-state index is -3.71. The summed E-state index contributed by atoms with van der Waals surface area (Å²) in [7, 11) is -3.71. The van der Waals surface area contributed by atoms with E-state index in [-0.39, 0.29) is 16.2 Å². The van der Waals surface area contributed by atoms with Crippen LogP contribution in [0.4, 0.5) is 5.69 Å². The van der Waals surface area contributed by atoms with Gasteiger partial charge < -0.3 is 19.7 Å². The van der Waals surface area contributed by atoms with Crippen molar-refractivity contribution in [2.75, 3.05) is 64.1 Å². The fraction of sp³-hybridized carbons (Fsp3) is 0.480. The van der Waals surface area contributed by atoms with Gasteiger partial charge in [-0.25, -0.2) is 8.42 Å². The largest absolute Gasteiger partial charge is 0.379 e. The minimum Gasteiger partial charge on any atom is -0.379 e. The molecule has 2 heterocycles. The molecule has 0 atom stereocenters. The van der Waals surface area contributed by atoms with Gasteiger partial charge in [-0.3, -0.25) is 4.79 Å². The number of carbonyl (C=O) groups excluding carboxylic acids is 1. The molecular weight excluding hydrogens is 454 g/mol. The van der Waals surface area contributed by atoms with Crippen LogP contribution in [0.25, 0.3) is 0 Å². The van der Waals surface area contributed by atoms with Gasteiger partial charge in [-0.2, -0.15) is 4.31 Å². The molecule has 1 N–H and O–H groups in total. The van der Waals surface area contributed by atoms with E-state index in [2.05, 4.69) is 22.3 Å². The average molecular weight is 486 g/mol. The van der Waals surface area contributed by atoms with Crippen LogP contribution in [0.2, 0.25) is 0 Å². The molecule has 2 aliphatic heterocycles. The molecule has 2 aromatic rings. The SMILES string of the molecule is O=C(NCC1(c2ccccc2)CC1)c1cc(S(=O)(=O)N2CCOCC2)ccc1N1CCOCC1. The monoisotopic (exact) mass is 485 g/mol. The smallest absolute Gasteiger partial charge is 0.253 e. The van der Waals surface area contributed by atoms with Gasteiger partial charge in [0, 0.05) is 43.8 Å². The zero-order valence-corrected chi connectivity index (χ0v) is 20.1. The Kier molecular flexibility index (Phi) is 6.61. The number of nitrogens with zero attached hydrogens (tertiary/aromatic N) is 2. The van der Waals surface area contributed by atoms with Crippen LogP contribution in [-0.4, -0.2) is 77.8 Å². The molecule has 182 valence electrons. The van der Waals surface area contributed by atoms with Crippen LogP contribution in [0.15, 0.2) is 53.4 Å². The molecule has 0 spiro atoms. The number of anilines is 1. The number of hydrogen-bond acceptors (Lipinski definition) is 6. The predicted octanol–water partition coefficient (Wildman–Crippen LogP) is 2.01. The van der Waals surface area contributed by atoms with Crippen molar-refractivity contribution in [3.8, 4) is 0 Å². The van der Waals surface area contributed by atoms with Crippen LogP contribution in [0.1, 0.15) is 28.8 Å². The third-order valence-electron chi connectivity index (χ3n) is 7.00. The zero-order chi connectivity index (χ0) is 23.6. The molecule has 0 aromatic heterocycles. The van der Waals surface area contributed by atoms with Gasteiger partial charge in [0.1, 0.15) is 0 Å². The van der Waals surface area contributed by atoms with Crippen LogP contribution in [0.3, 0.4) is 0 Å². The molecule has 1 saturated carbocycles. The summed E-state index contributed by atoms with van der Waals surface area (Å²) >= 11 is 0. The number of benzene rings is 2. The highest BCUT2D eigenvalue weighted by Gasteiger charge is 2.44. The van der Waals surface area contributed by atoms with E-state index in [0.29, 0.717) is 64.7 Å². The molecule has 2 aromatic carbocycles. The minimum absolute atomic E-state index is 0.0342.